The van der Waals surface area contributed by atoms with Crippen LogP contribution >= 0.6 is 0 Å². The normalized spacial score (nSPS) is 32.9. The third-order valence-electron chi connectivity index (χ3n) is 4.13. The minimum atomic E-state index is -0.538. The zero-order chi connectivity index (χ0) is 11.6. The Morgan fingerprint density at radius 2 is 2.06 bits per heavy atom. The van der Waals surface area contributed by atoms with Crippen LogP contribution in [0.15, 0.2) is 29.8 Å². The molecule has 3 aliphatic rings. The van der Waals surface area contributed by atoms with Crippen molar-refractivity contribution in [3.63, 3.8) is 0 Å². The number of ether oxygens (including phenoxy) is 1. The zero-order valence-electron chi connectivity index (χ0n) is 9.10. The van der Waals surface area contributed by atoms with E-state index in [0.29, 0.717) is 12.2 Å². The highest BCUT2D eigenvalue weighted by molar-refractivity contribution is 6.17. The third-order valence-corrected chi connectivity index (χ3v) is 4.13. The molecule has 1 saturated heterocycles. The number of cyclic esters (lactones) is 1. The first-order valence-corrected chi connectivity index (χ1v) is 5.76. The van der Waals surface area contributed by atoms with E-state index >= 15 is 0 Å². The number of Topliss-reactive ketones (excluding diaryl/α,β-unsaturated/α-hetero) is 1. The number of hydrogen-bond acceptors (Lipinski definition) is 3. The Kier molecular flexibility index (Phi) is 1.44. The molecule has 1 aliphatic heterocycles. The molecule has 0 N–H and O–H groups in total. The number of hydrogen-bond donors (Lipinski definition) is 0. The van der Waals surface area contributed by atoms with Crippen LogP contribution in [0.3, 0.4) is 0 Å². The first-order chi connectivity index (χ1) is 8.23. The predicted octanol–water partition coefficient (Wildman–Crippen LogP) is 1.83. The van der Waals surface area contributed by atoms with Gasteiger partial charge in [0.05, 0.1) is 17.6 Å². The van der Waals surface area contributed by atoms with E-state index in [1.54, 1.807) is 0 Å². The highest BCUT2D eigenvalue weighted by atomic mass is 16.5. The molecule has 2 fully saturated rings. The molecule has 3 heteroatoms. The summed E-state index contributed by atoms with van der Waals surface area (Å²) in [6, 6.07) is 7.45. The molecule has 0 aromatic heterocycles. The fourth-order valence-electron chi connectivity index (χ4n) is 3.11. The van der Waals surface area contributed by atoms with Crippen LogP contribution < -0.4 is 0 Å². The Balaban J connectivity index is 2.00. The summed E-state index contributed by atoms with van der Waals surface area (Å²) in [5.74, 6) is -0.0128. The van der Waals surface area contributed by atoms with E-state index in [1.165, 1.54) is 0 Å². The average Bonchev–Trinajstić information content (AvgIpc) is 3.08. The third kappa shape index (κ3) is 0.931. The van der Waals surface area contributed by atoms with Gasteiger partial charge in [0.1, 0.15) is 0 Å². The van der Waals surface area contributed by atoms with Gasteiger partial charge in [-0.1, -0.05) is 24.3 Å². The van der Waals surface area contributed by atoms with Crippen molar-refractivity contribution in [1.82, 2.24) is 0 Å². The lowest BCUT2D eigenvalue weighted by Crippen LogP contribution is -2.34. The van der Waals surface area contributed by atoms with Crippen LogP contribution in [0.5, 0.6) is 0 Å². The smallest absolute Gasteiger partial charge is 0.335 e. The van der Waals surface area contributed by atoms with Crippen LogP contribution in [-0.2, 0) is 9.53 Å². The van der Waals surface area contributed by atoms with Crippen molar-refractivity contribution < 1.29 is 14.3 Å². The van der Waals surface area contributed by atoms with E-state index in [2.05, 4.69) is 0 Å². The van der Waals surface area contributed by atoms with Gasteiger partial charge in [-0.15, -0.1) is 0 Å². The van der Waals surface area contributed by atoms with E-state index in [0.717, 1.165) is 17.5 Å². The van der Waals surface area contributed by atoms with Crippen molar-refractivity contribution >= 4 is 17.8 Å². The maximum atomic E-state index is 12.5. The van der Waals surface area contributed by atoms with Gasteiger partial charge in [-0.2, -0.15) is 0 Å². The molecule has 2 atom stereocenters. The molecule has 1 aromatic rings. The topological polar surface area (TPSA) is 43.4 Å². The molecule has 1 aromatic carbocycles. The van der Waals surface area contributed by atoms with Crippen molar-refractivity contribution in [2.75, 3.05) is 6.61 Å². The largest absolute Gasteiger partial charge is 0.462 e. The minimum absolute atomic E-state index is 0.104. The summed E-state index contributed by atoms with van der Waals surface area (Å²) in [5, 5.41) is 0. The van der Waals surface area contributed by atoms with Crippen LogP contribution in [0, 0.1) is 11.3 Å². The summed E-state index contributed by atoms with van der Waals surface area (Å²) in [4.78, 5) is 24.3. The number of benzene rings is 1. The summed E-state index contributed by atoms with van der Waals surface area (Å²) >= 11 is 0. The number of carbonyl (C=O) groups excluding carboxylic acids is 2. The molecular formula is C14H10O3. The van der Waals surface area contributed by atoms with Gasteiger partial charge in [-0.25, -0.2) is 4.79 Å². The zero-order valence-corrected chi connectivity index (χ0v) is 9.10. The lowest BCUT2D eigenvalue weighted by Gasteiger charge is -2.27. The lowest BCUT2D eigenvalue weighted by molar-refractivity contribution is -0.142. The van der Waals surface area contributed by atoms with Crippen molar-refractivity contribution in [3.05, 3.63) is 41.0 Å². The molecule has 2 unspecified atom stereocenters. The Morgan fingerprint density at radius 3 is 2.94 bits per heavy atom. The van der Waals surface area contributed by atoms with Crippen LogP contribution in [0.25, 0.3) is 6.08 Å². The van der Waals surface area contributed by atoms with Crippen LogP contribution in [0.4, 0.5) is 0 Å². The monoisotopic (exact) mass is 226 g/mol. The van der Waals surface area contributed by atoms with E-state index in [4.69, 9.17) is 4.74 Å². The summed E-state index contributed by atoms with van der Waals surface area (Å²) in [6.45, 7) is 0.393. The maximum Gasteiger partial charge on any atom is 0.335 e. The molecule has 84 valence electrons. The summed E-state index contributed by atoms with van der Waals surface area (Å²) in [6.07, 6.45) is 2.59. The van der Waals surface area contributed by atoms with E-state index in [-0.39, 0.29) is 17.7 Å². The Labute approximate surface area is 98.1 Å². The second-order valence-electron chi connectivity index (χ2n) is 4.95. The van der Waals surface area contributed by atoms with E-state index < -0.39 is 5.41 Å². The lowest BCUT2D eigenvalue weighted by atomic mass is 9.77. The molecule has 0 radical (unpaired) electrons. The molecule has 1 heterocycles. The Hall–Kier alpha value is -1.90. The van der Waals surface area contributed by atoms with Gasteiger partial charge in [0.2, 0.25) is 0 Å². The number of ketones is 1. The summed E-state index contributed by atoms with van der Waals surface area (Å²) in [5.41, 5.74) is 1.61. The van der Waals surface area contributed by atoms with Gasteiger partial charge < -0.3 is 4.74 Å². The van der Waals surface area contributed by atoms with Crippen LogP contribution in [0.1, 0.15) is 22.3 Å². The van der Waals surface area contributed by atoms with Gasteiger partial charge >= 0.3 is 5.97 Å². The molecule has 17 heavy (non-hydrogen) atoms. The molecule has 2 aliphatic carbocycles. The molecular weight excluding hydrogens is 216 g/mol. The fourth-order valence-corrected chi connectivity index (χ4v) is 3.11. The highest BCUT2D eigenvalue weighted by Gasteiger charge is 2.67. The summed E-state index contributed by atoms with van der Waals surface area (Å²) in [7, 11) is 0. The van der Waals surface area contributed by atoms with Crippen LogP contribution in [0.2, 0.25) is 0 Å². The summed E-state index contributed by atoms with van der Waals surface area (Å²) < 4.78 is 5.10. The van der Waals surface area contributed by atoms with Crippen molar-refractivity contribution in [1.29, 1.82) is 0 Å². The first-order valence-electron chi connectivity index (χ1n) is 5.76. The Morgan fingerprint density at radius 1 is 1.24 bits per heavy atom. The average molecular weight is 226 g/mol. The quantitative estimate of drug-likeness (QED) is 0.634. The van der Waals surface area contributed by atoms with Crippen LogP contribution in [-0.4, -0.2) is 18.4 Å². The molecule has 4 rings (SSSR count). The standard InChI is InChI=1S/C14H10O3/c15-12-10-4-2-1-3-8(10)5-11-13(16)17-7-9-6-14(9,11)12/h1-5,9H,6-7H2. The van der Waals surface area contributed by atoms with Crippen molar-refractivity contribution in [2.24, 2.45) is 11.3 Å². The number of carbonyl (C=O) groups is 2. The second-order valence-corrected chi connectivity index (χ2v) is 4.95. The first kappa shape index (κ1) is 9.16. The molecule has 0 amide bonds. The fraction of sp³-hybridized carbons (Fsp3) is 0.286. The van der Waals surface area contributed by atoms with Gasteiger partial charge in [0.15, 0.2) is 5.78 Å². The highest BCUT2D eigenvalue weighted by Crippen LogP contribution is 2.63. The minimum Gasteiger partial charge on any atom is -0.462 e. The molecule has 0 bridgehead atoms. The van der Waals surface area contributed by atoms with Gasteiger partial charge in [0.25, 0.3) is 0 Å². The van der Waals surface area contributed by atoms with Gasteiger partial charge in [0, 0.05) is 11.5 Å². The van der Waals surface area contributed by atoms with Gasteiger partial charge in [-0.05, 0) is 18.1 Å². The molecule has 1 saturated carbocycles. The predicted molar refractivity (Wildman–Crippen MR) is 60.2 cm³/mol. The number of fused-ring (bicyclic) bond motifs is 1. The van der Waals surface area contributed by atoms with Crippen molar-refractivity contribution in [2.45, 2.75) is 6.42 Å². The van der Waals surface area contributed by atoms with E-state index in [1.807, 2.05) is 30.3 Å². The molecule has 1 spiro atoms. The molecule has 3 nitrogen and oxygen atoms in total. The van der Waals surface area contributed by atoms with Gasteiger partial charge in [-0.3, -0.25) is 4.79 Å². The Bertz CT molecular complexity index is 599. The second kappa shape index (κ2) is 2.67. The maximum absolute atomic E-state index is 12.5. The number of esters is 1. The van der Waals surface area contributed by atoms with E-state index in [9.17, 15) is 9.59 Å². The van der Waals surface area contributed by atoms with Crippen molar-refractivity contribution in [3.8, 4) is 0 Å². The number of rotatable bonds is 0. The SMILES string of the molecule is O=C1OCC2CC23C(=O)c2ccccc2C=C13.